The summed E-state index contributed by atoms with van der Waals surface area (Å²) in [6, 6.07) is 6.52. The Hall–Kier alpha value is -2.37. The number of hydrogen-bond acceptors (Lipinski definition) is 8. The first-order valence-electron chi connectivity index (χ1n) is 8.79. The van der Waals surface area contributed by atoms with Crippen LogP contribution in [0, 0.1) is 5.82 Å². The Bertz CT molecular complexity index is 1160. The van der Waals surface area contributed by atoms with E-state index in [-0.39, 0.29) is 16.9 Å². The van der Waals surface area contributed by atoms with E-state index in [0.717, 1.165) is 0 Å². The monoisotopic (exact) mass is 433 g/mol. The zero-order valence-corrected chi connectivity index (χ0v) is 15.4. The standard InChI is InChI=1S/C16H15F2N2O8P/c17-10-6-20(15(23)19-13(10)22)14-11(21)5-16(18,27-14)8-26-29(24)25-7-9-3-1-2-4-12(9)28-29/h1-4,6,11,14,21H,5,7-8H2,(H,19,22,23)/t11-,14-,16+,29?/m1/s1/i14D. The zero-order valence-electron chi connectivity index (χ0n) is 15.5. The Kier molecular flexibility index (Phi) is 4.60. The molecule has 2 aromatic rings. The lowest BCUT2D eigenvalue weighted by Gasteiger charge is -2.27. The van der Waals surface area contributed by atoms with Gasteiger partial charge in [-0.1, -0.05) is 18.2 Å². The van der Waals surface area contributed by atoms with Gasteiger partial charge in [0.05, 0.1) is 14.2 Å². The fraction of sp³-hybridized carbons (Fsp3) is 0.375. The number of aromatic nitrogens is 2. The Morgan fingerprint density at radius 2 is 2.21 bits per heavy atom. The second kappa shape index (κ2) is 7.15. The van der Waals surface area contributed by atoms with Gasteiger partial charge in [-0.25, -0.2) is 13.8 Å². The van der Waals surface area contributed by atoms with E-state index in [1.165, 1.54) is 6.07 Å². The number of aliphatic hydroxyl groups is 1. The minimum Gasteiger partial charge on any atom is -0.404 e. The molecule has 0 saturated carbocycles. The predicted molar refractivity (Wildman–Crippen MR) is 91.3 cm³/mol. The number of rotatable bonds is 4. The molecule has 156 valence electrons. The minimum atomic E-state index is -4.24. The van der Waals surface area contributed by atoms with Gasteiger partial charge in [-0.2, -0.15) is 4.39 Å². The van der Waals surface area contributed by atoms with Gasteiger partial charge in [0.25, 0.3) is 5.56 Å². The molecule has 0 spiro atoms. The topological polar surface area (TPSA) is 129 Å². The van der Waals surface area contributed by atoms with Crippen LogP contribution in [0.3, 0.4) is 0 Å². The van der Waals surface area contributed by atoms with Crippen LogP contribution >= 0.6 is 7.82 Å². The average molecular weight is 433 g/mol. The van der Waals surface area contributed by atoms with Crippen LogP contribution in [0.1, 0.15) is 19.6 Å². The molecule has 1 unspecified atom stereocenters. The van der Waals surface area contributed by atoms with Crippen LogP contribution in [-0.4, -0.2) is 33.2 Å². The zero-order chi connectivity index (χ0) is 21.7. The van der Waals surface area contributed by atoms with Gasteiger partial charge >= 0.3 is 13.5 Å². The third-order valence-corrected chi connectivity index (χ3v) is 5.52. The van der Waals surface area contributed by atoms with Crippen LogP contribution in [0.4, 0.5) is 8.78 Å². The number of para-hydroxylation sites is 1. The number of fused-ring (bicyclic) bond motifs is 1. The van der Waals surface area contributed by atoms with Crippen molar-refractivity contribution in [3.8, 4) is 5.75 Å². The van der Waals surface area contributed by atoms with Crippen molar-refractivity contribution in [3.63, 3.8) is 0 Å². The fourth-order valence-corrected chi connectivity index (χ4v) is 4.08. The number of nitrogens with zero attached hydrogens (tertiary/aromatic N) is 1. The summed E-state index contributed by atoms with van der Waals surface area (Å²) in [6.07, 6.45) is -5.37. The Labute approximate surface area is 162 Å². The van der Waals surface area contributed by atoms with Gasteiger partial charge in [-0.3, -0.25) is 23.4 Å². The molecule has 4 rings (SSSR count). The van der Waals surface area contributed by atoms with Crippen LogP contribution in [-0.2, 0) is 25.0 Å². The number of H-pyrrole nitrogens is 1. The molecule has 1 saturated heterocycles. The molecule has 0 amide bonds. The molecule has 2 aliphatic heterocycles. The van der Waals surface area contributed by atoms with Crippen LogP contribution < -0.4 is 15.8 Å². The first-order valence-corrected chi connectivity index (χ1v) is 9.75. The van der Waals surface area contributed by atoms with Crippen molar-refractivity contribution < 1.29 is 38.1 Å². The van der Waals surface area contributed by atoms with Gasteiger partial charge in [-0.05, 0) is 6.07 Å². The summed E-state index contributed by atoms with van der Waals surface area (Å²) in [5.41, 5.74) is -2.06. The smallest absolute Gasteiger partial charge is 0.404 e. The van der Waals surface area contributed by atoms with E-state index in [0.29, 0.717) is 11.8 Å². The normalized spacial score (nSPS) is 34.3. The fourth-order valence-electron chi connectivity index (χ4n) is 2.83. The predicted octanol–water partition coefficient (Wildman–Crippen LogP) is 1.36. The molecular weight excluding hydrogens is 417 g/mol. The van der Waals surface area contributed by atoms with Crippen LogP contribution in [0.5, 0.6) is 5.75 Å². The number of halogens is 2. The molecular formula is C16H15F2N2O8P. The van der Waals surface area contributed by atoms with E-state index in [1.54, 1.807) is 23.2 Å². The van der Waals surface area contributed by atoms with Crippen molar-refractivity contribution in [1.82, 2.24) is 9.55 Å². The van der Waals surface area contributed by atoms with Crippen molar-refractivity contribution in [1.29, 1.82) is 0 Å². The van der Waals surface area contributed by atoms with Gasteiger partial charge in [0, 0.05) is 12.0 Å². The molecule has 2 aliphatic rings. The van der Waals surface area contributed by atoms with E-state index < -0.39 is 56.1 Å². The van der Waals surface area contributed by atoms with Gasteiger partial charge in [0.2, 0.25) is 11.7 Å². The van der Waals surface area contributed by atoms with Crippen molar-refractivity contribution >= 4 is 7.82 Å². The quantitative estimate of drug-likeness (QED) is 0.692. The van der Waals surface area contributed by atoms with E-state index in [9.17, 15) is 23.7 Å². The van der Waals surface area contributed by atoms with Crippen LogP contribution in [0.25, 0.3) is 0 Å². The van der Waals surface area contributed by atoms with Crippen LogP contribution in [0.15, 0.2) is 40.1 Å². The molecule has 13 heteroatoms. The summed E-state index contributed by atoms with van der Waals surface area (Å²) in [5, 5.41) is 10.1. The van der Waals surface area contributed by atoms with Gasteiger partial charge in [0.1, 0.15) is 18.5 Å². The summed E-state index contributed by atoms with van der Waals surface area (Å²) in [4.78, 5) is 24.6. The third kappa shape index (κ3) is 3.89. The Morgan fingerprint density at radius 1 is 1.45 bits per heavy atom. The second-order valence-corrected chi connectivity index (χ2v) is 7.94. The number of benzene rings is 1. The maximum Gasteiger partial charge on any atom is 0.530 e. The number of aliphatic hydroxyl groups excluding tert-OH is 1. The number of phosphoric acid groups is 1. The van der Waals surface area contributed by atoms with Gasteiger partial charge < -0.3 is 14.4 Å². The van der Waals surface area contributed by atoms with Crippen molar-refractivity contribution in [2.75, 3.05) is 6.61 Å². The highest BCUT2D eigenvalue weighted by Crippen LogP contribution is 2.55. The van der Waals surface area contributed by atoms with Gasteiger partial charge in [0.15, 0.2) is 6.20 Å². The van der Waals surface area contributed by atoms with Crippen LogP contribution in [0.2, 0.25) is 0 Å². The number of nitrogens with one attached hydrogen (secondary N) is 1. The number of aromatic amines is 1. The highest BCUT2D eigenvalue weighted by Gasteiger charge is 2.50. The lowest BCUT2D eigenvalue weighted by molar-refractivity contribution is -0.179. The summed E-state index contributed by atoms with van der Waals surface area (Å²) in [6.45, 7) is -1.21. The highest BCUT2D eigenvalue weighted by atomic mass is 31.2. The molecule has 0 bridgehead atoms. The molecule has 2 N–H and O–H groups in total. The molecule has 29 heavy (non-hydrogen) atoms. The average Bonchev–Trinajstić information content (AvgIpc) is 2.93. The van der Waals surface area contributed by atoms with E-state index in [1.807, 2.05) is 0 Å². The summed E-state index contributed by atoms with van der Waals surface area (Å²) < 4.78 is 69.7. The summed E-state index contributed by atoms with van der Waals surface area (Å²) in [7, 11) is -4.24. The first kappa shape index (κ1) is 18.6. The SMILES string of the molecule is [2H][C@@]1(n2cc(F)c(=O)[nH]c2=O)O[C@](F)(COP2(=O)OCc3ccccc3O2)C[C@H]1O. The van der Waals surface area contributed by atoms with E-state index in [4.69, 9.17) is 19.7 Å². The molecule has 1 aromatic heterocycles. The molecule has 10 nitrogen and oxygen atoms in total. The largest absolute Gasteiger partial charge is 0.530 e. The number of ether oxygens (including phenoxy) is 1. The molecule has 4 atom stereocenters. The lowest BCUT2D eigenvalue weighted by atomic mass is 10.2. The Balaban J connectivity index is 1.53. The second-order valence-electron chi connectivity index (χ2n) is 6.34. The molecule has 0 radical (unpaired) electrons. The molecule has 1 aromatic carbocycles. The minimum absolute atomic E-state index is 0.120. The summed E-state index contributed by atoms with van der Waals surface area (Å²) >= 11 is 0. The van der Waals surface area contributed by atoms with Crippen molar-refractivity contribution in [3.05, 3.63) is 62.7 Å². The lowest BCUT2D eigenvalue weighted by Crippen LogP contribution is -2.37. The third-order valence-electron chi connectivity index (χ3n) is 4.21. The van der Waals surface area contributed by atoms with Gasteiger partial charge in [-0.15, -0.1) is 0 Å². The highest BCUT2D eigenvalue weighted by molar-refractivity contribution is 7.49. The Morgan fingerprint density at radius 3 is 3.00 bits per heavy atom. The van der Waals surface area contributed by atoms with E-state index >= 15 is 4.39 Å². The molecule has 3 heterocycles. The molecule has 0 aliphatic carbocycles. The van der Waals surface area contributed by atoms with E-state index in [2.05, 4.69) is 0 Å². The summed E-state index contributed by atoms with van der Waals surface area (Å²) in [5.74, 6) is -4.14. The number of alkyl halides is 1. The van der Waals surface area contributed by atoms with Crippen molar-refractivity contribution in [2.24, 2.45) is 0 Å². The maximum atomic E-state index is 15.1. The first-order chi connectivity index (χ1) is 14.0. The number of phosphoric ester groups is 1. The molecule has 1 fully saturated rings. The number of hydrogen-bond donors (Lipinski definition) is 2. The van der Waals surface area contributed by atoms with Crippen molar-refractivity contribution in [2.45, 2.75) is 31.2 Å². The maximum absolute atomic E-state index is 15.1.